The number of hydrogen-bond acceptors (Lipinski definition) is 3. The van der Waals surface area contributed by atoms with E-state index in [1.165, 1.54) is 4.90 Å². The summed E-state index contributed by atoms with van der Waals surface area (Å²) in [6.45, 7) is -0.163. The minimum absolute atomic E-state index is 0.174. The topological polar surface area (TPSA) is 36.4 Å². The zero-order valence-electron chi connectivity index (χ0n) is 10.8. The number of aliphatic hydroxyl groups is 1. The van der Waals surface area contributed by atoms with Gasteiger partial charge in [-0.3, -0.25) is 4.90 Å². The van der Waals surface area contributed by atoms with Crippen molar-refractivity contribution in [2.24, 2.45) is 0 Å². The molecule has 0 amide bonds. The second-order valence-electron chi connectivity index (χ2n) is 4.48. The van der Waals surface area contributed by atoms with Crippen molar-refractivity contribution in [2.75, 3.05) is 19.7 Å². The number of para-hydroxylation sites is 1. The predicted molar refractivity (Wildman–Crippen MR) is 75.1 cm³/mol. The predicted octanol–water partition coefficient (Wildman–Crippen LogP) is 2.95. The zero-order valence-corrected chi connectivity index (χ0v) is 11.5. The average molecular weight is 301 g/mol. The number of hydrogen-bond donors (Lipinski definition) is 1. The minimum atomic E-state index is -2.45. The van der Waals surface area contributed by atoms with Crippen LogP contribution in [0.2, 0.25) is 5.15 Å². The third kappa shape index (κ3) is 3.85. The Labute approximate surface area is 120 Å². The fourth-order valence-corrected chi connectivity index (χ4v) is 2.26. The fourth-order valence-electron chi connectivity index (χ4n) is 2.06. The van der Waals surface area contributed by atoms with Gasteiger partial charge in [-0.15, -0.1) is 0 Å². The molecule has 3 nitrogen and oxygen atoms in total. The van der Waals surface area contributed by atoms with Gasteiger partial charge in [0.25, 0.3) is 6.43 Å². The molecular weight excluding hydrogens is 286 g/mol. The second kappa shape index (κ2) is 6.92. The van der Waals surface area contributed by atoms with Crippen molar-refractivity contribution in [1.29, 1.82) is 0 Å². The highest BCUT2D eigenvalue weighted by atomic mass is 35.5. The SMILES string of the molecule is OCCN(Cc1cc2ccccc2nc1Cl)CC(F)F. The Morgan fingerprint density at radius 3 is 2.75 bits per heavy atom. The highest BCUT2D eigenvalue weighted by Gasteiger charge is 2.14. The summed E-state index contributed by atoms with van der Waals surface area (Å²) in [6.07, 6.45) is -2.45. The molecule has 6 heteroatoms. The molecule has 2 rings (SSSR count). The first-order valence-electron chi connectivity index (χ1n) is 6.25. The Morgan fingerprint density at radius 2 is 2.05 bits per heavy atom. The maximum atomic E-state index is 12.5. The minimum Gasteiger partial charge on any atom is -0.395 e. The van der Waals surface area contributed by atoms with Gasteiger partial charge in [-0.25, -0.2) is 13.8 Å². The molecule has 1 aromatic carbocycles. The number of nitrogens with zero attached hydrogens (tertiary/aromatic N) is 2. The average Bonchev–Trinajstić information content (AvgIpc) is 2.39. The lowest BCUT2D eigenvalue weighted by Gasteiger charge is -2.21. The largest absolute Gasteiger partial charge is 0.395 e. The zero-order chi connectivity index (χ0) is 14.5. The third-order valence-corrected chi connectivity index (χ3v) is 3.28. The molecule has 0 fully saturated rings. The molecule has 0 atom stereocenters. The van der Waals surface area contributed by atoms with Gasteiger partial charge in [0.15, 0.2) is 0 Å². The van der Waals surface area contributed by atoms with Crippen LogP contribution < -0.4 is 0 Å². The summed E-state index contributed by atoms with van der Waals surface area (Å²) in [5, 5.41) is 10.1. The van der Waals surface area contributed by atoms with Crippen LogP contribution in [0.5, 0.6) is 0 Å². The Bertz CT molecular complexity index is 580. The molecule has 0 aliphatic carbocycles. The number of halogens is 3. The lowest BCUT2D eigenvalue weighted by atomic mass is 10.1. The number of aromatic nitrogens is 1. The summed E-state index contributed by atoms with van der Waals surface area (Å²) in [5.41, 5.74) is 1.45. The van der Waals surface area contributed by atoms with Crippen molar-refractivity contribution in [3.05, 3.63) is 41.0 Å². The summed E-state index contributed by atoms with van der Waals surface area (Å²) in [7, 11) is 0. The summed E-state index contributed by atoms with van der Waals surface area (Å²) in [4.78, 5) is 5.72. The summed E-state index contributed by atoms with van der Waals surface area (Å²) in [5.74, 6) is 0. The van der Waals surface area contributed by atoms with Gasteiger partial charge in [0, 0.05) is 24.0 Å². The molecule has 0 bridgehead atoms. The molecule has 0 aliphatic heterocycles. The van der Waals surface area contributed by atoms with Crippen LogP contribution in [0.1, 0.15) is 5.56 Å². The Hall–Kier alpha value is -1.30. The first-order valence-corrected chi connectivity index (χ1v) is 6.63. The van der Waals surface area contributed by atoms with Crippen LogP contribution in [0.3, 0.4) is 0 Å². The molecule has 0 saturated heterocycles. The van der Waals surface area contributed by atoms with Gasteiger partial charge in [0.2, 0.25) is 0 Å². The van der Waals surface area contributed by atoms with E-state index in [1.54, 1.807) is 0 Å². The van der Waals surface area contributed by atoms with Crippen LogP contribution in [-0.2, 0) is 6.54 Å². The quantitative estimate of drug-likeness (QED) is 0.833. The molecular formula is C14H15ClF2N2O. The van der Waals surface area contributed by atoms with Crippen molar-refractivity contribution in [1.82, 2.24) is 9.88 Å². The van der Waals surface area contributed by atoms with Crippen LogP contribution in [0.25, 0.3) is 10.9 Å². The maximum Gasteiger partial charge on any atom is 0.251 e. The molecule has 1 heterocycles. The van der Waals surface area contributed by atoms with Crippen molar-refractivity contribution in [3.8, 4) is 0 Å². The van der Waals surface area contributed by atoms with Crippen molar-refractivity contribution < 1.29 is 13.9 Å². The van der Waals surface area contributed by atoms with Gasteiger partial charge in [0.05, 0.1) is 18.7 Å². The van der Waals surface area contributed by atoms with Gasteiger partial charge < -0.3 is 5.11 Å². The van der Waals surface area contributed by atoms with Gasteiger partial charge >= 0.3 is 0 Å². The standard InChI is InChI=1S/C14H15ClF2N2O/c15-14-11(8-19(5-6-20)9-13(16)17)7-10-3-1-2-4-12(10)18-14/h1-4,7,13,20H,5-6,8-9H2. The van der Waals surface area contributed by atoms with E-state index in [9.17, 15) is 8.78 Å². The molecule has 1 aromatic heterocycles. The van der Waals surface area contributed by atoms with E-state index in [1.807, 2.05) is 30.3 Å². The number of aliphatic hydroxyl groups excluding tert-OH is 1. The molecule has 0 aliphatic rings. The lowest BCUT2D eigenvalue weighted by Crippen LogP contribution is -2.31. The highest BCUT2D eigenvalue weighted by molar-refractivity contribution is 6.30. The van der Waals surface area contributed by atoms with E-state index in [0.717, 1.165) is 10.9 Å². The Morgan fingerprint density at radius 1 is 1.30 bits per heavy atom. The van der Waals surface area contributed by atoms with Crippen LogP contribution >= 0.6 is 11.6 Å². The molecule has 0 spiro atoms. The Balaban J connectivity index is 2.24. The van der Waals surface area contributed by atoms with Crippen LogP contribution in [0.4, 0.5) is 8.78 Å². The number of fused-ring (bicyclic) bond motifs is 1. The third-order valence-electron chi connectivity index (χ3n) is 2.96. The number of pyridine rings is 1. The van der Waals surface area contributed by atoms with Gasteiger partial charge in [-0.2, -0.15) is 0 Å². The normalized spacial score (nSPS) is 11.7. The molecule has 0 saturated carbocycles. The summed E-state index contributed by atoms with van der Waals surface area (Å²) >= 11 is 6.10. The molecule has 2 aromatic rings. The monoisotopic (exact) mass is 300 g/mol. The smallest absolute Gasteiger partial charge is 0.251 e. The summed E-state index contributed by atoms with van der Waals surface area (Å²) in [6, 6.07) is 9.33. The van der Waals surface area contributed by atoms with Crippen LogP contribution in [0.15, 0.2) is 30.3 Å². The second-order valence-corrected chi connectivity index (χ2v) is 4.84. The highest BCUT2D eigenvalue weighted by Crippen LogP contribution is 2.22. The summed E-state index contributed by atoms with van der Waals surface area (Å²) < 4.78 is 25.0. The van der Waals surface area contributed by atoms with Gasteiger partial charge in [-0.1, -0.05) is 29.8 Å². The van der Waals surface area contributed by atoms with E-state index in [0.29, 0.717) is 10.7 Å². The van der Waals surface area contributed by atoms with E-state index in [2.05, 4.69) is 4.98 Å². The van der Waals surface area contributed by atoms with E-state index in [4.69, 9.17) is 16.7 Å². The molecule has 20 heavy (non-hydrogen) atoms. The Kier molecular flexibility index (Phi) is 5.23. The lowest BCUT2D eigenvalue weighted by molar-refractivity contribution is 0.0746. The maximum absolute atomic E-state index is 12.5. The van der Waals surface area contributed by atoms with Gasteiger partial charge in [0.1, 0.15) is 5.15 Å². The number of benzene rings is 1. The first-order chi connectivity index (χ1) is 9.60. The van der Waals surface area contributed by atoms with E-state index in [-0.39, 0.29) is 19.7 Å². The van der Waals surface area contributed by atoms with Crippen molar-refractivity contribution >= 4 is 22.5 Å². The first kappa shape index (κ1) is 15.1. The van der Waals surface area contributed by atoms with Crippen LogP contribution in [0, 0.1) is 0 Å². The fraction of sp³-hybridized carbons (Fsp3) is 0.357. The number of rotatable bonds is 6. The number of alkyl halides is 2. The molecule has 0 radical (unpaired) electrons. The molecule has 0 unspecified atom stereocenters. The van der Waals surface area contributed by atoms with Crippen LogP contribution in [-0.4, -0.2) is 41.1 Å². The van der Waals surface area contributed by atoms with E-state index >= 15 is 0 Å². The van der Waals surface area contributed by atoms with E-state index < -0.39 is 13.0 Å². The molecule has 1 N–H and O–H groups in total. The molecule has 108 valence electrons. The van der Waals surface area contributed by atoms with Crippen molar-refractivity contribution in [2.45, 2.75) is 13.0 Å². The van der Waals surface area contributed by atoms with Crippen molar-refractivity contribution in [3.63, 3.8) is 0 Å². The van der Waals surface area contributed by atoms with Gasteiger partial charge in [-0.05, 0) is 12.1 Å².